The first-order valence-corrected chi connectivity index (χ1v) is 9.94. The molecular weight excluding hydrogens is 499 g/mol. The number of esters is 1. The third kappa shape index (κ3) is 5.97. The summed E-state index contributed by atoms with van der Waals surface area (Å²) in [6, 6.07) is 10.8. The molecule has 0 fully saturated rings. The van der Waals surface area contributed by atoms with Crippen LogP contribution < -0.4 is 14.8 Å². The van der Waals surface area contributed by atoms with Crippen LogP contribution in [0.3, 0.4) is 0 Å². The molecule has 0 aliphatic rings. The third-order valence-corrected chi connectivity index (χ3v) is 5.06. The first kappa shape index (κ1) is 23.2. The second-order valence-electron chi connectivity index (χ2n) is 6.32. The number of carbonyl (C=O) groups excluding carboxylic acids is 2. The van der Waals surface area contributed by atoms with Gasteiger partial charge < -0.3 is 19.5 Å². The summed E-state index contributed by atoms with van der Waals surface area (Å²) < 4.78 is 16.0. The number of amides is 1. The van der Waals surface area contributed by atoms with Gasteiger partial charge in [-0.1, -0.05) is 6.07 Å². The fraction of sp³-hybridized carbons (Fsp3) is 0.227. The number of methoxy groups -OCH3 is 2. The number of nitrogens with zero attached hydrogens (tertiary/aromatic N) is 1. The lowest BCUT2D eigenvalue weighted by Gasteiger charge is -2.13. The van der Waals surface area contributed by atoms with Gasteiger partial charge in [-0.15, -0.1) is 0 Å². The summed E-state index contributed by atoms with van der Waals surface area (Å²) in [6.45, 7) is 3.67. The smallest absolute Gasteiger partial charge is 0.343 e. The van der Waals surface area contributed by atoms with Crippen molar-refractivity contribution in [3.8, 4) is 17.6 Å². The largest absolute Gasteiger partial charge is 0.493 e. The molecule has 1 amide bonds. The lowest BCUT2D eigenvalue weighted by Crippen LogP contribution is -2.14. The minimum Gasteiger partial charge on any atom is -0.493 e. The number of ether oxygens (including phenoxy) is 3. The Bertz CT molecular complexity index is 1040. The molecule has 0 bridgehead atoms. The van der Waals surface area contributed by atoms with Gasteiger partial charge in [0.25, 0.3) is 5.91 Å². The second kappa shape index (κ2) is 10.6. The molecule has 2 rings (SSSR count). The van der Waals surface area contributed by atoms with Crippen LogP contribution in [0, 0.1) is 28.7 Å². The number of hydrogen-bond acceptors (Lipinski definition) is 6. The Morgan fingerprint density at radius 3 is 2.50 bits per heavy atom. The van der Waals surface area contributed by atoms with Gasteiger partial charge in [-0.2, -0.15) is 5.26 Å². The van der Waals surface area contributed by atoms with Gasteiger partial charge in [0.15, 0.2) is 18.1 Å². The van der Waals surface area contributed by atoms with E-state index >= 15 is 0 Å². The molecule has 0 aliphatic heterocycles. The monoisotopic (exact) mass is 520 g/mol. The standard InChI is InChI=1S/C22H21IN2O5/c1-13-5-6-17(7-14(13)2)25-22(27)16(11-24)8-15-9-18(23)21(19(10-15)28-3)30-12-20(26)29-4/h5-10H,12H2,1-4H3,(H,25,27)/b16-8+. The second-order valence-corrected chi connectivity index (χ2v) is 7.48. The molecule has 2 aromatic carbocycles. The summed E-state index contributed by atoms with van der Waals surface area (Å²) in [5.41, 5.74) is 3.28. The third-order valence-electron chi connectivity index (χ3n) is 4.25. The molecule has 30 heavy (non-hydrogen) atoms. The highest BCUT2D eigenvalue weighted by Gasteiger charge is 2.15. The van der Waals surface area contributed by atoms with Crippen molar-refractivity contribution in [2.75, 3.05) is 26.1 Å². The van der Waals surface area contributed by atoms with Crippen LogP contribution in [-0.4, -0.2) is 32.7 Å². The van der Waals surface area contributed by atoms with Crippen molar-refractivity contribution in [3.63, 3.8) is 0 Å². The molecule has 7 nitrogen and oxygen atoms in total. The highest BCUT2D eigenvalue weighted by molar-refractivity contribution is 14.1. The Morgan fingerprint density at radius 2 is 1.90 bits per heavy atom. The van der Waals surface area contributed by atoms with Crippen molar-refractivity contribution in [1.82, 2.24) is 0 Å². The molecule has 1 N–H and O–H groups in total. The van der Waals surface area contributed by atoms with E-state index in [1.807, 2.05) is 54.6 Å². The zero-order valence-corrected chi connectivity index (χ0v) is 19.2. The average Bonchev–Trinajstić information content (AvgIpc) is 2.72. The normalized spacial score (nSPS) is 10.7. The predicted molar refractivity (Wildman–Crippen MR) is 121 cm³/mol. The van der Waals surface area contributed by atoms with E-state index in [4.69, 9.17) is 9.47 Å². The van der Waals surface area contributed by atoms with Crippen LogP contribution in [0.15, 0.2) is 35.9 Å². The number of hydrogen-bond donors (Lipinski definition) is 1. The molecule has 0 aliphatic carbocycles. The predicted octanol–water partition coefficient (Wildman–Crippen LogP) is 4.01. The van der Waals surface area contributed by atoms with Crippen molar-refractivity contribution in [3.05, 3.63) is 56.2 Å². The van der Waals surface area contributed by atoms with Gasteiger partial charge in [0, 0.05) is 5.69 Å². The van der Waals surface area contributed by atoms with Crippen molar-refractivity contribution in [2.45, 2.75) is 13.8 Å². The molecular formula is C22H21IN2O5. The van der Waals surface area contributed by atoms with E-state index in [1.54, 1.807) is 18.2 Å². The Balaban J connectivity index is 2.28. The molecule has 156 valence electrons. The van der Waals surface area contributed by atoms with Gasteiger partial charge in [-0.05, 0) is 83.5 Å². The minimum absolute atomic E-state index is 0.0608. The maximum absolute atomic E-state index is 12.6. The van der Waals surface area contributed by atoms with Crippen LogP contribution >= 0.6 is 22.6 Å². The first-order chi connectivity index (χ1) is 14.3. The number of nitrogens with one attached hydrogen (secondary N) is 1. The van der Waals surface area contributed by atoms with Crippen LogP contribution in [0.1, 0.15) is 16.7 Å². The van der Waals surface area contributed by atoms with E-state index < -0.39 is 11.9 Å². The lowest BCUT2D eigenvalue weighted by atomic mass is 10.1. The Labute approximate surface area is 188 Å². The lowest BCUT2D eigenvalue weighted by molar-refractivity contribution is -0.142. The van der Waals surface area contributed by atoms with Gasteiger partial charge in [0.2, 0.25) is 0 Å². The molecule has 0 saturated heterocycles. The Kier molecular flexibility index (Phi) is 8.24. The topological polar surface area (TPSA) is 97.7 Å². The quantitative estimate of drug-likeness (QED) is 0.257. The van der Waals surface area contributed by atoms with E-state index in [9.17, 15) is 14.9 Å². The summed E-state index contributed by atoms with van der Waals surface area (Å²) in [7, 11) is 2.73. The summed E-state index contributed by atoms with van der Waals surface area (Å²) in [4.78, 5) is 23.9. The molecule has 0 atom stereocenters. The molecule has 8 heteroatoms. The van der Waals surface area contributed by atoms with E-state index in [-0.39, 0.29) is 12.2 Å². The molecule has 0 spiro atoms. The Hall–Kier alpha value is -3.06. The molecule has 0 saturated carbocycles. The minimum atomic E-state index is -0.522. The van der Waals surface area contributed by atoms with Gasteiger partial charge in [0.1, 0.15) is 11.6 Å². The van der Waals surface area contributed by atoms with Crippen LogP contribution in [0.2, 0.25) is 0 Å². The fourth-order valence-corrected chi connectivity index (χ4v) is 3.27. The van der Waals surface area contributed by atoms with Gasteiger partial charge in [-0.25, -0.2) is 4.79 Å². The average molecular weight is 520 g/mol. The molecule has 0 radical (unpaired) electrons. The highest BCUT2D eigenvalue weighted by atomic mass is 127. The van der Waals surface area contributed by atoms with Crippen LogP contribution in [-0.2, 0) is 14.3 Å². The van der Waals surface area contributed by atoms with Crippen LogP contribution in [0.5, 0.6) is 11.5 Å². The highest BCUT2D eigenvalue weighted by Crippen LogP contribution is 2.34. The van der Waals surface area contributed by atoms with E-state index in [0.717, 1.165) is 11.1 Å². The maximum Gasteiger partial charge on any atom is 0.343 e. The van der Waals surface area contributed by atoms with Crippen molar-refractivity contribution in [2.24, 2.45) is 0 Å². The number of rotatable bonds is 7. The molecule has 0 aromatic heterocycles. The van der Waals surface area contributed by atoms with Crippen LogP contribution in [0.4, 0.5) is 5.69 Å². The van der Waals surface area contributed by atoms with E-state index in [0.29, 0.717) is 26.3 Å². The van der Waals surface area contributed by atoms with Crippen LogP contribution in [0.25, 0.3) is 6.08 Å². The Morgan fingerprint density at radius 1 is 1.17 bits per heavy atom. The van der Waals surface area contributed by atoms with Crippen molar-refractivity contribution < 1.29 is 23.8 Å². The van der Waals surface area contributed by atoms with Gasteiger partial charge >= 0.3 is 5.97 Å². The zero-order chi connectivity index (χ0) is 22.3. The van der Waals surface area contributed by atoms with Crippen molar-refractivity contribution >= 4 is 46.2 Å². The molecule has 0 unspecified atom stereocenters. The van der Waals surface area contributed by atoms with E-state index in [2.05, 4.69) is 10.1 Å². The molecule has 0 heterocycles. The summed E-state index contributed by atoms with van der Waals surface area (Å²) in [6.07, 6.45) is 1.46. The van der Waals surface area contributed by atoms with Gasteiger partial charge in [-0.3, -0.25) is 4.79 Å². The number of halogens is 1. The van der Waals surface area contributed by atoms with Crippen molar-refractivity contribution in [1.29, 1.82) is 5.26 Å². The van der Waals surface area contributed by atoms with Gasteiger partial charge in [0.05, 0.1) is 17.8 Å². The number of aryl methyl sites for hydroxylation is 2. The summed E-state index contributed by atoms with van der Waals surface area (Å²) in [5, 5.41) is 12.2. The number of benzene rings is 2. The maximum atomic E-state index is 12.6. The zero-order valence-electron chi connectivity index (χ0n) is 17.0. The number of carbonyl (C=O) groups is 2. The SMILES string of the molecule is COC(=O)COc1c(I)cc(/C=C(\C#N)C(=O)Nc2ccc(C)c(C)c2)cc1OC. The molecule has 2 aromatic rings. The van der Waals surface area contributed by atoms with E-state index in [1.165, 1.54) is 20.3 Å². The first-order valence-electron chi connectivity index (χ1n) is 8.86. The summed E-state index contributed by atoms with van der Waals surface area (Å²) in [5.74, 6) is -0.296. The number of nitriles is 1. The summed E-state index contributed by atoms with van der Waals surface area (Å²) >= 11 is 2.03. The number of anilines is 1. The fourth-order valence-electron chi connectivity index (χ4n) is 2.49.